The van der Waals surface area contributed by atoms with Crippen molar-refractivity contribution in [3.05, 3.63) is 106 Å². The van der Waals surface area contributed by atoms with Crippen LogP contribution in [-0.2, 0) is 6.54 Å². The molecule has 0 unspecified atom stereocenters. The van der Waals surface area contributed by atoms with Crippen molar-refractivity contribution in [2.75, 3.05) is 5.32 Å². The quantitative estimate of drug-likeness (QED) is 0.428. The lowest BCUT2D eigenvalue weighted by atomic mass is 9.95. The summed E-state index contributed by atoms with van der Waals surface area (Å²) in [5, 5.41) is 7.41. The first-order chi connectivity index (χ1) is 16.0. The van der Waals surface area contributed by atoms with Crippen molar-refractivity contribution in [3.8, 4) is 22.4 Å². The predicted octanol–water partition coefficient (Wildman–Crippen LogP) is 5.05. The molecule has 4 aromatic rings. The Morgan fingerprint density at radius 3 is 2.12 bits per heavy atom. The van der Waals surface area contributed by atoms with Crippen molar-refractivity contribution in [2.24, 2.45) is 0 Å². The first kappa shape index (κ1) is 21.9. The molecule has 1 amide bonds. The Morgan fingerprint density at radius 2 is 1.52 bits per heavy atom. The lowest BCUT2D eigenvalue weighted by Crippen LogP contribution is -2.32. The van der Waals surface area contributed by atoms with Crippen LogP contribution in [0.15, 0.2) is 89.7 Å². The number of rotatable bonds is 6. The van der Waals surface area contributed by atoms with Gasteiger partial charge in [0.2, 0.25) is 0 Å². The Balaban J connectivity index is 1.95. The summed E-state index contributed by atoms with van der Waals surface area (Å²) in [6.07, 6.45) is 0. The lowest BCUT2D eigenvalue weighted by molar-refractivity contribution is 0.101. The number of anilines is 1. The van der Waals surface area contributed by atoms with E-state index in [2.05, 4.69) is 10.4 Å². The number of ketones is 1. The topological polar surface area (TPSA) is 81.1 Å². The van der Waals surface area contributed by atoms with E-state index in [-0.39, 0.29) is 11.3 Å². The molecule has 4 rings (SSSR count). The van der Waals surface area contributed by atoms with Gasteiger partial charge in [0.05, 0.1) is 5.69 Å². The molecule has 0 atom stereocenters. The number of aromatic nitrogens is 2. The van der Waals surface area contributed by atoms with Crippen LogP contribution < -0.4 is 10.9 Å². The predicted molar refractivity (Wildman–Crippen MR) is 129 cm³/mol. The zero-order valence-corrected chi connectivity index (χ0v) is 18.4. The Hall–Kier alpha value is -4.32. The Kier molecular flexibility index (Phi) is 6.26. The molecule has 3 aromatic carbocycles. The van der Waals surface area contributed by atoms with Gasteiger partial charge in [0.15, 0.2) is 5.78 Å². The lowest BCUT2D eigenvalue weighted by Gasteiger charge is -2.17. The first-order valence-corrected chi connectivity index (χ1v) is 10.7. The van der Waals surface area contributed by atoms with E-state index in [1.807, 2.05) is 67.6 Å². The van der Waals surface area contributed by atoms with Gasteiger partial charge in [-0.25, -0.2) is 4.68 Å². The van der Waals surface area contributed by atoms with E-state index in [1.54, 1.807) is 24.3 Å². The standard InChI is InChI=1S/C27H23N3O3/c1-3-30-27(33)24(26(32)28-22-16-10-15-21(17-22)18(2)31)23(19-11-6-4-7-12-19)25(29-30)20-13-8-5-9-14-20/h4-17H,3H2,1-2H3,(H,28,32). The molecule has 33 heavy (non-hydrogen) atoms. The van der Waals surface area contributed by atoms with Gasteiger partial charge in [-0.1, -0.05) is 72.8 Å². The van der Waals surface area contributed by atoms with Gasteiger partial charge in [0.1, 0.15) is 5.56 Å². The molecule has 1 aromatic heterocycles. The highest BCUT2D eigenvalue weighted by molar-refractivity contribution is 6.10. The van der Waals surface area contributed by atoms with E-state index in [1.165, 1.54) is 11.6 Å². The van der Waals surface area contributed by atoms with Crippen molar-refractivity contribution >= 4 is 17.4 Å². The fourth-order valence-electron chi connectivity index (χ4n) is 3.69. The SMILES string of the molecule is CCn1nc(-c2ccccc2)c(-c2ccccc2)c(C(=O)Nc2cccc(C(C)=O)c2)c1=O. The monoisotopic (exact) mass is 437 g/mol. The van der Waals surface area contributed by atoms with E-state index < -0.39 is 11.5 Å². The van der Waals surface area contributed by atoms with E-state index in [4.69, 9.17) is 0 Å². The number of benzene rings is 3. The molecule has 0 saturated carbocycles. The maximum atomic E-state index is 13.5. The normalized spacial score (nSPS) is 10.6. The third kappa shape index (κ3) is 4.50. The van der Waals surface area contributed by atoms with Crippen molar-refractivity contribution in [1.29, 1.82) is 0 Å². The van der Waals surface area contributed by atoms with E-state index >= 15 is 0 Å². The van der Waals surface area contributed by atoms with Crippen molar-refractivity contribution in [3.63, 3.8) is 0 Å². The zero-order valence-electron chi connectivity index (χ0n) is 18.4. The van der Waals surface area contributed by atoms with Gasteiger partial charge < -0.3 is 5.32 Å². The minimum Gasteiger partial charge on any atom is -0.322 e. The number of carbonyl (C=O) groups excluding carboxylic acids is 2. The van der Waals surface area contributed by atoms with Crippen molar-refractivity contribution in [2.45, 2.75) is 20.4 Å². The average Bonchev–Trinajstić information content (AvgIpc) is 2.84. The number of nitrogens with one attached hydrogen (secondary N) is 1. The molecule has 6 heteroatoms. The fraction of sp³-hybridized carbons (Fsp3) is 0.111. The molecular formula is C27H23N3O3. The van der Waals surface area contributed by atoms with E-state index in [0.717, 1.165) is 5.56 Å². The molecule has 0 aliphatic rings. The third-order valence-corrected chi connectivity index (χ3v) is 5.32. The third-order valence-electron chi connectivity index (χ3n) is 5.32. The molecule has 6 nitrogen and oxygen atoms in total. The van der Waals surface area contributed by atoms with Crippen LogP contribution in [0.4, 0.5) is 5.69 Å². The maximum absolute atomic E-state index is 13.5. The molecular weight excluding hydrogens is 414 g/mol. The molecule has 1 heterocycles. The van der Waals surface area contributed by atoms with Crippen LogP contribution in [-0.4, -0.2) is 21.5 Å². The van der Waals surface area contributed by atoms with Gasteiger partial charge in [-0.2, -0.15) is 5.10 Å². The Morgan fingerprint density at radius 1 is 0.879 bits per heavy atom. The molecule has 164 valence electrons. The van der Waals surface area contributed by atoms with Gasteiger partial charge in [-0.15, -0.1) is 0 Å². The van der Waals surface area contributed by atoms with E-state index in [0.29, 0.717) is 34.6 Å². The minimum absolute atomic E-state index is 0.00475. The van der Waals surface area contributed by atoms with Crippen LogP contribution in [0.5, 0.6) is 0 Å². The van der Waals surface area contributed by atoms with Gasteiger partial charge in [-0.3, -0.25) is 14.4 Å². The average molecular weight is 437 g/mol. The molecule has 0 aliphatic carbocycles. The molecule has 1 N–H and O–H groups in total. The molecule has 0 radical (unpaired) electrons. The summed E-state index contributed by atoms with van der Waals surface area (Å²) in [4.78, 5) is 38.7. The minimum atomic E-state index is -0.554. The fourth-order valence-corrected chi connectivity index (χ4v) is 3.69. The second-order valence-electron chi connectivity index (χ2n) is 7.54. The molecule has 0 aliphatic heterocycles. The smallest absolute Gasteiger partial charge is 0.280 e. The number of nitrogens with zero attached hydrogens (tertiary/aromatic N) is 2. The van der Waals surface area contributed by atoms with Gasteiger partial charge in [-0.05, 0) is 31.5 Å². The van der Waals surface area contributed by atoms with Gasteiger partial charge in [0.25, 0.3) is 11.5 Å². The van der Waals surface area contributed by atoms with Gasteiger partial charge >= 0.3 is 0 Å². The van der Waals surface area contributed by atoms with Crippen molar-refractivity contribution < 1.29 is 9.59 Å². The number of hydrogen-bond acceptors (Lipinski definition) is 4. The number of aryl methyl sites for hydroxylation is 1. The van der Waals surface area contributed by atoms with Crippen LogP contribution in [0.25, 0.3) is 22.4 Å². The zero-order chi connectivity index (χ0) is 23.4. The van der Waals surface area contributed by atoms with Crippen LogP contribution in [0, 0.1) is 0 Å². The van der Waals surface area contributed by atoms with E-state index in [9.17, 15) is 14.4 Å². The molecule has 0 spiro atoms. The summed E-state index contributed by atoms with van der Waals surface area (Å²) in [5.41, 5.74) is 2.97. The highest BCUT2D eigenvalue weighted by atomic mass is 16.2. The molecule has 0 bridgehead atoms. The largest absolute Gasteiger partial charge is 0.322 e. The summed E-state index contributed by atoms with van der Waals surface area (Å²) in [6.45, 7) is 3.58. The summed E-state index contributed by atoms with van der Waals surface area (Å²) < 4.78 is 1.30. The number of Topliss-reactive ketones (excluding diaryl/α,β-unsaturated/α-hetero) is 1. The van der Waals surface area contributed by atoms with Gasteiger partial charge in [0, 0.05) is 28.9 Å². The maximum Gasteiger partial charge on any atom is 0.280 e. The number of hydrogen-bond donors (Lipinski definition) is 1. The molecule has 0 saturated heterocycles. The van der Waals surface area contributed by atoms with Crippen LogP contribution in [0.1, 0.15) is 34.6 Å². The second-order valence-corrected chi connectivity index (χ2v) is 7.54. The summed E-state index contributed by atoms with van der Waals surface area (Å²) in [7, 11) is 0. The highest BCUT2D eigenvalue weighted by Crippen LogP contribution is 2.32. The number of amides is 1. The Labute approximate surface area is 191 Å². The second kappa shape index (κ2) is 9.44. The number of carbonyl (C=O) groups is 2. The van der Waals surface area contributed by atoms with Crippen LogP contribution in [0.3, 0.4) is 0 Å². The van der Waals surface area contributed by atoms with Crippen LogP contribution in [0.2, 0.25) is 0 Å². The summed E-state index contributed by atoms with van der Waals surface area (Å²) in [5.74, 6) is -0.666. The van der Waals surface area contributed by atoms with Crippen molar-refractivity contribution in [1.82, 2.24) is 9.78 Å². The molecule has 0 fully saturated rings. The first-order valence-electron chi connectivity index (χ1n) is 10.7. The summed E-state index contributed by atoms with van der Waals surface area (Å²) in [6, 6.07) is 25.4. The highest BCUT2D eigenvalue weighted by Gasteiger charge is 2.25. The Bertz CT molecular complexity index is 1380. The van der Waals surface area contributed by atoms with Crippen LogP contribution >= 0.6 is 0 Å². The summed E-state index contributed by atoms with van der Waals surface area (Å²) >= 11 is 0.